The lowest BCUT2D eigenvalue weighted by Gasteiger charge is -2.10. The van der Waals surface area contributed by atoms with Crippen molar-refractivity contribution in [1.82, 2.24) is 5.32 Å². The van der Waals surface area contributed by atoms with Crippen molar-refractivity contribution in [2.24, 2.45) is 0 Å². The molecule has 0 unspecified atom stereocenters. The highest BCUT2D eigenvalue weighted by molar-refractivity contribution is 7.98. The van der Waals surface area contributed by atoms with Gasteiger partial charge in [0.15, 0.2) is 0 Å². The third-order valence-electron chi connectivity index (χ3n) is 2.67. The monoisotopic (exact) mass is 277 g/mol. The minimum atomic E-state index is 0.802. The molecule has 2 aromatic carbocycles. The van der Waals surface area contributed by atoms with Gasteiger partial charge in [0.25, 0.3) is 0 Å². The van der Waals surface area contributed by atoms with Crippen molar-refractivity contribution in [3.05, 3.63) is 64.7 Å². The van der Waals surface area contributed by atoms with Gasteiger partial charge in [-0.15, -0.1) is 11.8 Å². The van der Waals surface area contributed by atoms with Crippen LogP contribution in [0.3, 0.4) is 0 Å². The van der Waals surface area contributed by atoms with Gasteiger partial charge in [-0.05, 0) is 30.3 Å². The summed E-state index contributed by atoms with van der Waals surface area (Å²) in [6.07, 6.45) is 0. The van der Waals surface area contributed by atoms with Gasteiger partial charge in [-0.1, -0.05) is 48.0 Å². The molecule has 0 atom stereocenters. The van der Waals surface area contributed by atoms with Crippen molar-refractivity contribution < 1.29 is 0 Å². The zero-order valence-corrected chi connectivity index (χ0v) is 11.9. The molecule has 18 heavy (non-hydrogen) atoms. The Morgan fingerprint density at radius 3 is 2.56 bits per heavy atom. The maximum absolute atomic E-state index is 6.24. The van der Waals surface area contributed by atoms with Crippen LogP contribution in [0.4, 0.5) is 0 Å². The first-order chi connectivity index (χ1) is 8.81. The Kier molecular flexibility index (Phi) is 5.12. The van der Waals surface area contributed by atoms with E-state index in [4.69, 9.17) is 11.6 Å². The SMILES string of the molecule is CNCc1c(Cl)cccc1SCc1ccccc1. The van der Waals surface area contributed by atoms with E-state index in [2.05, 4.69) is 35.6 Å². The van der Waals surface area contributed by atoms with Crippen LogP contribution in [0.25, 0.3) is 0 Å². The normalized spacial score (nSPS) is 10.6. The van der Waals surface area contributed by atoms with Gasteiger partial charge in [0, 0.05) is 22.2 Å². The molecule has 0 spiro atoms. The average molecular weight is 278 g/mol. The van der Waals surface area contributed by atoms with Crippen LogP contribution in [-0.2, 0) is 12.3 Å². The first-order valence-electron chi connectivity index (χ1n) is 5.90. The molecule has 0 aromatic heterocycles. The number of hydrogen-bond donors (Lipinski definition) is 1. The molecule has 0 aliphatic heterocycles. The van der Waals surface area contributed by atoms with E-state index in [1.165, 1.54) is 16.0 Å². The Bertz CT molecular complexity index is 499. The van der Waals surface area contributed by atoms with E-state index in [9.17, 15) is 0 Å². The molecule has 0 bridgehead atoms. The fraction of sp³-hybridized carbons (Fsp3) is 0.200. The molecule has 1 nitrogen and oxygen atoms in total. The molecule has 0 amide bonds. The van der Waals surface area contributed by atoms with Crippen molar-refractivity contribution in [2.75, 3.05) is 7.05 Å². The summed E-state index contributed by atoms with van der Waals surface area (Å²) in [5.41, 5.74) is 2.51. The van der Waals surface area contributed by atoms with E-state index in [-0.39, 0.29) is 0 Å². The summed E-state index contributed by atoms with van der Waals surface area (Å²) in [5.74, 6) is 0.970. The Morgan fingerprint density at radius 2 is 1.83 bits per heavy atom. The van der Waals surface area contributed by atoms with Gasteiger partial charge >= 0.3 is 0 Å². The zero-order chi connectivity index (χ0) is 12.8. The van der Waals surface area contributed by atoms with Crippen LogP contribution < -0.4 is 5.32 Å². The molecule has 0 saturated carbocycles. The lowest BCUT2D eigenvalue weighted by Crippen LogP contribution is -2.06. The topological polar surface area (TPSA) is 12.0 Å². The molecule has 0 aliphatic rings. The van der Waals surface area contributed by atoms with Gasteiger partial charge in [-0.25, -0.2) is 0 Å². The van der Waals surface area contributed by atoms with E-state index in [1.54, 1.807) is 0 Å². The summed E-state index contributed by atoms with van der Waals surface area (Å²) in [5, 5.41) is 4.00. The van der Waals surface area contributed by atoms with Gasteiger partial charge in [-0.3, -0.25) is 0 Å². The van der Waals surface area contributed by atoms with E-state index >= 15 is 0 Å². The van der Waals surface area contributed by atoms with E-state index < -0.39 is 0 Å². The van der Waals surface area contributed by atoms with Crippen LogP contribution >= 0.6 is 23.4 Å². The van der Waals surface area contributed by atoms with Gasteiger partial charge in [0.05, 0.1) is 0 Å². The highest BCUT2D eigenvalue weighted by Crippen LogP contribution is 2.30. The molecular weight excluding hydrogens is 262 g/mol. The second-order valence-corrected chi connectivity index (χ2v) is 5.45. The molecule has 0 heterocycles. The minimum Gasteiger partial charge on any atom is -0.316 e. The Balaban J connectivity index is 2.11. The van der Waals surface area contributed by atoms with Crippen molar-refractivity contribution in [3.8, 4) is 0 Å². The third kappa shape index (κ3) is 3.52. The summed E-state index contributed by atoms with van der Waals surface area (Å²) in [6, 6.07) is 16.6. The number of nitrogens with one attached hydrogen (secondary N) is 1. The minimum absolute atomic E-state index is 0.802. The number of benzene rings is 2. The molecule has 2 aromatic rings. The lowest BCUT2D eigenvalue weighted by molar-refractivity contribution is 0.803. The molecule has 0 saturated heterocycles. The highest BCUT2D eigenvalue weighted by atomic mass is 35.5. The Labute approximate surface area is 118 Å². The van der Waals surface area contributed by atoms with Gasteiger partial charge in [-0.2, -0.15) is 0 Å². The fourth-order valence-electron chi connectivity index (χ4n) is 1.76. The van der Waals surface area contributed by atoms with Crippen molar-refractivity contribution in [2.45, 2.75) is 17.2 Å². The van der Waals surface area contributed by atoms with E-state index in [1.807, 2.05) is 37.0 Å². The van der Waals surface area contributed by atoms with Gasteiger partial charge in [0.2, 0.25) is 0 Å². The largest absolute Gasteiger partial charge is 0.316 e. The van der Waals surface area contributed by atoms with Crippen molar-refractivity contribution in [1.29, 1.82) is 0 Å². The van der Waals surface area contributed by atoms with Crippen molar-refractivity contribution >= 4 is 23.4 Å². The zero-order valence-electron chi connectivity index (χ0n) is 10.3. The first-order valence-corrected chi connectivity index (χ1v) is 7.26. The summed E-state index contributed by atoms with van der Waals surface area (Å²) in [6.45, 7) is 0.802. The van der Waals surface area contributed by atoms with Crippen LogP contribution in [0.15, 0.2) is 53.4 Å². The molecule has 2 rings (SSSR count). The van der Waals surface area contributed by atoms with E-state index in [0.717, 1.165) is 17.3 Å². The average Bonchev–Trinajstić information content (AvgIpc) is 2.41. The number of thioether (sulfide) groups is 1. The lowest BCUT2D eigenvalue weighted by atomic mass is 10.2. The van der Waals surface area contributed by atoms with Crippen LogP contribution in [0.1, 0.15) is 11.1 Å². The molecule has 0 aliphatic carbocycles. The number of halogens is 1. The van der Waals surface area contributed by atoms with Crippen LogP contribution in [-0.4, -0.2) is 7.05 Å². The number of hydrogen-bond acceptors (Lipinski definition) is 2. The molecule has 0 radical (unpaired) electrons. The van der Waals surface area contributed by atoms with Gasteiger partial charge < -0.3 is 5.32 Å². The van der Waals surface area contributed by atoms with Gasteiger partial charge in [0.1, 0.15) is 0 Å². The molecule has 1 N–H and O–H groups in total. The second kappa shape index (κ2) is 6.83. The summed E-state index contributed by atoms with van der Waals surface area (Å²) in [7, 11) is 1.94. The van der Waals surface area contributed by atoms with Crippen LogP contribution in [0.2, 0.25) is 5.02 Å². The Hall–Kier alpha value is -0.960. The van der Waals surface area contributed by atoms with Crippen LogP contribution in [0.5, 0.6) is 0 Å². The maximum atomic E-state index is 6.24. The predicted octanol–water partition coefficient (Wildman–Crippen LogP) is 4.35. The van der Waals surface area contributed by atoms with Crippen molar-refractivity contribution in [3.63, 3.8) is 0 Å². The Morgan fingerprint density at radius 1 is 1.06 bits per heavy atom. The fourth-order valence-corrected chi connectivity index (χ4v) is 3.10. The highest BCUT2D eigenvalue weighted by Gasteiger charge is 2.06. The van der Waals surface area contributed by atoms with Crippen LogP contribution in [0, 0.1) is 0 Å². The first kappa shape index (κ1) is 13.5. The third-order valence-corrected chi connectivity index (χ3v) is 4.19. The molecule has 0 fully saturated rings. The standard InChI is InChI=1S/C15H16ClNS/c1-17-10-13-14(16)8-5-9-15(13)18-11-12-6-3-2-4-7-12/h2-9,17H,10-11H2,1H3. The quantitative estimate of drug-likeness (QED) is 0.816. The smallest absolute Gasteiger partial charge is 0.0462 e. The number of rotatable bonds is 5. The maximum Gasteiger partial charge on any atom is 0.0462 e. The summed E-state index contributed by atoms with van der Waals surface area (Å²) < 4.78 is 0. The second-order valence-electron chi connectivity index (χ2n) is 4.02. The summed E-state index contributed by atoms with van der Waals surface area (Å²) >= 11 is 8.07. The predicted molar refractivity (Wildman–Crippen MR) is 80.2 cm³/mol. The van der Waals surface area contributed by atoms with E-state index in [0.29, 0.717) is 0 Å². The molecular formula is C15H16ClNS. The summed E-state index contributed by atoms with van der Waals surface area (Å²) in [4.78, 5) is 1.25. The molecule has 3 heteroatoms. The molecule has 94 valence electrons.